The van der Waals surface area contributed by atoms with Crippen LogP contribution in [0.3, 0.4) is 0 Å². The van der Waals surface area contributed by atoms with Gasteiger partial charge < -0.3 is 5.73 Å². The van der Waals surface area contributed by atoms with Gasteiger partial charge in [-0.1, -0.05) is 24.1 Å². The van der Waals surface area contributed by atoms with Crippen LogP contribution in [-0.4, -0.2) is 19.9 Å². The molecule has 1 aromatic heterocycles. The van der Waals surface area contributed by atoms with E-state index in [1.165, 1.54) is 24.3 Å². The van der Waals surface area contributed by atoms with Crippen molar-refractivity contribution in [1.29, 1.82) is 0 Å². The Morgan fingerprint density at radius 1 is 1.19 bits per heavy atom. The number of anilines is 1. The number of halogens is 1. The van der Waals surface area contributed by atoms with Crippen molar-refractivity contribution in [3.05, 3.63) is 54.0 Å². The van der Waals surface area contributed by atoms with Gasteiger partial charge in [0.2, 0.25) is 0 Å². The SMILES string of the molecule is NCC#Cc1cccc(NS(=O)(=O)c2ccccc2F)n1. The molecule has 0 amide bonds. The quantitative estimate of drug-likeness (QED) is 0.838. The smallest absolute Gasteiger partial charge is 0.265 e. The maximum absolute atomic E-state index is 13.6. The maximum atomic E-state index is 13.6. The third-order valence-electron chi connectivity index (χ3n) is 2.43. The van der Waals surface area contributed by atoms with Crippen molar-refractivity contribution in [2.45, 2.75) is 4.90 Å². The van der Waals surface area contributed by atoms with Crippen molar-refractivity contribution in [2.75, 3.05) is 11.3 Å². The molecule has 0 saturated carbocycles. The Labute approximate surface area is 122 Å². The van der Waals surface area contributed by atoms with Crippen molar-refractivity contribution >= 4 is 15.8 Å². The van der Waals surface area contributed by atoms with Gasteiger partial charge in [-0.3, -0.25) is 4.72 Å². The minimum absolute atomic E-state index is 0.0575. The molecule has 21 heavy (non-hydrogen) atoms. The number of hydrogen-bond donors (Lipinski definition) is 2. The van der Waals surface area contributed by atoms with Gasteiger partial charge in [0.1, 0.15) is 22.2 Å². The predicted octanol–water partition coefficient (Wildman–Crippen LogP) is 1.33. The molecule has 0 aliphatic rings. The van der Waals surface area contributed by atoms with Gasteiger partial charge in [0.05, 0.1) is 6.54 Å². The largest absolute Gasteiger partial charge is 0.320 e. The molecule has 5 nitrogen and oxygen atoms in total. The highest BCUT2D eigenvalue weighted by Gasteiger charge is 2.18. The maximum Gasteiger partial charge on any atom is 0.265 e. The normalized spacial score (nSPS) is 10.6. The number of hydrogen-bond acceptors (Lipinski definition) is 4. The first-order valence-electron chi connectivity index (χ1n) is 5.96. The highest BCUT2D eigenvalue weighted by molar-refractivity contribution is 7.92. The van der Waals surface area contributed by atoms with Crippen LogP contribution in [0.15, 0.2) is 47.4 Å². The van der Waals surface area contributed by atoms with E-state index in [4.69, 9.17) is 5.73 Å². The number of nitrogens with one attached hydrogen (secondary N) is 1. The van der Waals surface area contributed by atoms with Crippen molar-refractivity contribution < 1.29 is 12.8 Å². The van der Waals surface area contributed by atoms with Crippen molar-refractivity contribution in [3.8, 4) is 11.8 Å². The van der Waals surface area contributed by atoms with E-state index in [0.717, 1.165) is 6.07 Å². The summed E-state index contributed by atoms with van der Waals surface area (Å²) in [6, 6.07) is 9.76. The third kappa shape index (κ3) is 3.78. The van der Waals surface area contributed by atoms with E-state index in [2.05, 4.69) is 21.5 Å². The molecule has 2 rings (SSSR count). The zero-order chi connectivity index (χ0) is 15.3. The fourth-order valence-corrected chi connectivity index (χ4v) is 2.64. The Balaban J connectivity index is 2.31. The molecule has 2 aromatic rings. The first kappa shape index (κ1) is 15.0. The molecule has 7 heteroatoms. The van der Waals surface area contributed by atoms with Crippen LogP contribution in [-0.2, 0) is 10.0 Å². The van der Waals surface area contributed by atoms with Crippen LogP contribution in [0.4, 0.5) is 10.2 Å². The van der Waals surface area contributed by atoms with E-state index in [9.17, 15) is 12.8 Å². The van der Waals surface area contributed by atoms with Gasteiger partial charge in [-0.15, -0.1) is 0 Å². The number of sulfonamides is 1. The van der Waals surface area contributed by atoms with Gasteiger partial charge in [0.25, 0.3) is 10.0 Å². The average Bonchev–Trinajstić information content (AvgIpc) is 2.45. The van der Waals surface area contributed by atoms with Crippen LogP contribution in [0.5, 0.6) is 0 Å². The van der Waals surface area contributed by atoms with Crippen LogP contribution in [0.2, 0.25) is 0 Å². The Hall–Kier alpha value is -2.43. The summed E-state index contributed by atoms with van der Waals surface area (Å²) in [6.07, 6.45) is 0. The molecular weight excluding hydrogens is 293 g/mol. The fraction of sp³-hybridized carbons (Fsp3) is 0.0714. The number of benzene rings is 1. The van der Waals surface area contributed by atoms with Crippen LogP contribution in [0, 0.1) is 17.7 Å². The Morgan fingerprint density at radius 2 is 1.95 bits per heavy atom. The van der Waals surface area contributed by atoms with E-state index in [1.807, 2.05) is 0 Å². The van der Waals surface area contributed by atoms with Gasteiger partial charge in [-0.25, -0.2) is 17.8 Å². The van der Waals surface area contributed by atoms with Crippen molar-refractivity contribution in [1.82, 2.24) is 4.98 Å². The average molecular weight is 305 g/mol. The predicted molar refractivity (Wildman–Crippen MR) is 77.4 cm³/mol. The van der Waals surface area contributed by atoms with E-state index in [1.54, 1.807) is 12.1 Å². The Morgan fingerprint density at radius 3 is 2.67 bits per heavy atom. The Bertz CT molecular complexity index is 810. The Kier molecular flexibility index (Phi) is 4.52. The minimum atomic E-state index is -4.04. The molecule has 0 unspecified atom stereocenters. The first-order chi connectivity index (χ1) is 10.0. The number of aromatic nitrogens is 1. The summed E-state index contributed by atoms with van der Waals surface area (Å²) in [6.45, 7) is 0.173. The summed E-state index contributed by atoms with van der Waals surface area (Å²) >= 11 is 0. The van der Waals surface area contributed by atoms with Gasteiger partial charge in [-0.2, -0.15) is 0 Å². The number of pyridine rings is 1. The van der Waals surface area contributed by atoms with Crippen LogP contribution in [0.25, 0.3) is 0 Å². The van der Waals surface area contributed by atoms with E-state index < -0.39 is 20.7 Å². The number of rotatable bonds is 3. The zero-order valence-corrected chi connectivity index (χ0v) is 11.7. The van der Waals surface area contributed by atoms with Crippen molar-refractivity contribution in [3.63, 3.8) is 0 Å². The lowest BCUT2D eigenvalue weighted by atomic mass is 10.3. The third-order valence-corrected chi connectivity index (χ3v) is 3.82. The number of nitrogens with two attached hydrogens (primary N) is 1. The lowest BCUT2D eigenvalue weighted by molar-refractivity contribution is 0.570. The molecule has 0 aliphatic carbocycles. The second kappa shape index (κ2) is 6.35. The fourth-order valence-electron chi connectivity index (χ4n) is 1.56. The molecule has 0 spiro atoms. The van der Waals surface area contributed by atoms with Gasteiger partial charge in [0.15, 0.2) is 0 Å². The summed E-state index contributed by atoms with van der Waals surface area (Å²) in [7, 11) is -4.04. The molecule has 0 fully saturated rings. The summed E-state index contributed by atoms with van der Waals surface area (Å²) in [4.78, 5) is 3.57. The van der Waals surface area contributed by atoms with Crippen LogP contribution < -0.4 is 10.5 Å². The molecule has 108 valence electrons. The molecule has 3 N–H and O–H groups in total. The monoisotopic (exact) mass is 305 g/mol. The van der Waals surface area contributed by atoms with E-state index in [-0.39, 0.29) is 12.4 Å². The van der Waals surface area contributed by atoms with Crippen molar-refractivity contribution in [2.24, 2.45) is 5.73 Å². The second-order valence-electron chi connectivity index (χ2n) is 3.95. The van der Waals surface area contributed by atoms with Crippen LogP contribution in [0.1, 0.15) is 5.69 Å². The summed E-state index contributed by atoms with van der Waals surface area (Å²) in [5.74, 6) is 4.53. The molecule has 0 radical (unpaired) electrons. The first-order valence-corrected chi connectivity index (χ1v) is 7.44. The molecule has 1 aromatic carbocycles. The lowest BCUT2D eigenvalue weighted by Gasteiger charge is -2.08. The van der Waals surface area contributed by atoms with E-state index >= 15 is 0 Å². The zero-order valence-electron chi connectivity index (χ0n) is 10.9. The highest BCUT2D eigenvalue weighted by atomic mass is 32.2. The van der Waals surface area contributed by atoms with Gasteiger partial charge in [0, 0.05) is 0 Å². The highest BCUT2D eigenvalue weighted by Crippen LogP contribution is 2.17. The lowest BCUT2D eigenvalue weighted by Crippen LogP contribution is -2.15. The minimum Gasteiger partial charge on any atom is -0.320 e. The topological polar surface area (TPSA) is 85.1 Å². The number of nitrogens with zero attached hydrogens (tertiary/aromatic N) is 1. The molecule has 0 bridgehead atoms. The standard InChI is InChI=1S/C14H12FN3O2S/c15-12-7-1-2-8-13(12)21(19,20)18-14-9-3-5-11(17-14)6-4-10-16/h1-3,5,7-9H,10,16H2,(H,17,18). The summed E-state index contributed by atoms with van der Waals surface area (Å²) in [5, 5.41) is 0. The van der Waals surface area contributed by atoms with Crippen LogP contribution >= 0.6 is 0 Å². The second-order valence-corrected chi connectivity index (χ2v) is 5.60. The van der Waals surface area contributed by atoms with Gasteiger partial charge >= 0.3 is 0 Å². The molecule has 0 aliphatic heterocycles. The molecule has 0 saturated heterocycles. The molecule has 0 atom stereocenters. The molecule has 1 heterocycles. The summed E-state index contributed by atoms with van der Waals surface area (Å²) in [5.41, 5.74) is 5.62. The molecular formula is C14H12FN3O2S. The summed E-state index contributed by atoms with van der Waals surface area (Å²) < 4.78 is 40.0. The van der Waals surface area contributed by atoms with E-state index in [0.29, 0.717) is 5.69 Å². The van der Waals surface area contributed by atoms with Gasteiger partial charge in [-0.05, 0) is 30.2 Å².